The van der Waals surface area contributed by atoms with Crippen LogP contribution in [-0.4, -0.2) is 17.5 Å². The topological polar surface area (TPSA) is 42.4 Å². The molecule has 3 nitrogen and oxygen atoms in total. The average Bonchev–Trinajstić information content (AvgIpc) is 2.77. The molecule has 0 amide bonds. The van der Waals surface area contributed by atoms with Gasteiger partial charge in [0.15, 0.2) is 0 Å². The van der Waals surface area contributed by atoms with Crippen molar-refractivity contribution in [2.24, 2.45) is 5.73 Å². The fraction of sp³-hybridized carbons (Fsp3) is 0.733. The van der Waals surface area contributed by atoms with Crippen LogP contribution in [0.5, 0.6) is 0 Å². The Balaban J connectivity index is 2.02. The standard InChI is InChI=1S/C15H26N2O/c1-3-17(14-7-5-4-6-8-14)11-13-9-15(10-16)18-12(13)2/h9,14H,3-8,10-11,16H2,1-2H3. The van der Waals surface area contributed by atoms with Gasteiger partial charge in [0.1, 0.15) is 11.5 Å². The number of rotatable bonds is 5. The SMILES string of the molecule is CCN(Cc1cc(CN)oc1C)C1CCCCC1. The van der Waals surface area contributed by atoms with Gasteiger partial charge < -0.3 is 10.2 Å². The van der Waals surface area contributed by atoms with Crippen molar-refractivity contribution in [3.63, 3.8) is 0 Å². The van der Waals surface area contributed by atoms with Crippen LogP contribution in [-0.2, 0) is 13.1 Å². The third-order valence-electron chi connectivity index (χ3n) is 4.14. The van der Waals surface area contributed by atoms with Crippen LogP contribution in [0, 0.1) is 6.92 Å². The molecule has 1 aliphatic rings. The second-order valence-electron chi connectivity index (χ2n) is 5.35. The summed E-state index contributed by atoms with van der Waals surface area (Å²) in [5, 5.41) is 0. The van der Waals surface area contributed by atoms with Gasteiger partial charge in [-0.1, -0.05) is 26.2 Å². The average molecular weight is 250 g/mol. The monoisotopic (exact) mass is 250 g/mol. The van der Waals surface area contributed by atoms with Gasteiger partial charge in [0.25, 0.3) is 0 Å². The van der Waals surface area contributed by atoms with Crippen LogP contribution in [0.2, 0.25) is 0 Å². The minimum absolute atomic E-state index is 0.496. The van der Waals surface area contributed by atoms with Crippen LogP contribution < -0.4 is 5.73 Å². The molecule has 0 atom stereocenters. The molecule has 1 aromatic heterocycles. The summed E-state index contributed by atoms with van der Waals surface area (Å²) in [4.78, 5) is 2.59. The van der Waals surface area contributed by atoms with Crippen molar-refractivity contribution in [2.75, 3.05) is 6.54 Å². The predicted molar refractivity (Wildman–Crippen MR) is 74.3 cm³/mol. The summed E-state index contributed by atoms with van der Waals surface area (Å²) >= 11 is 0. The molecule has 18 heavy (non-hydrogen) atoms. The Kier molecular flexibility index (Phi) is 4.84. The molecule has 1 aromatic rings. The first kappa shape index (κ1) is 13.6. The summed E-state index contributed by atoms with van der Waals surface area (Å²) in [5.74, 6) is 1.94. The second kappa shape index (κ2) is 6.39. The van der Waals surface area contributed by atoms with Gasteiger partial charge in [-0.2, -0.15) is 0 Å². The summed E-state index contributed by atoms with van der Waals surface area (Å²) < 4.78 is 5.64. The van der Waals surface area contributed by atoms with Gasteiger partial charge >= 0.3 is 0 Å². The van der Waals surface area contributed by atoms with E-state index in [2.05, 4.69) is 17.9 Å². The molecule has 3 heteroatoms. The number of aryl methyl sites for hydroxylation is 1. The molecule has 0 unspecified atom stereocenters. The summed E-state index contributed by atoms with van der Waals surface area (Å²) in [6, 6.07) is 2.89. The highest BCUT2D eigenvalue weighted by atomic mass is 16.3. The van der Waals surface area contributed by atoms with Crippen LogP contribution in [0.25, 0.3) is 0 Å². The molecule has 0 saturated heterocycles. The molecule has 1 aliphatic carbocycles. The van der Waals surface area contributed by atoms with Gasteiger partial charge in [-0.25, -0.2) is 0 Å². The molecule has 0 radical (unpaired) electrons. The maximum absolute atomic E-state index is 5.64. The summed E-state index contributed by atoms with van der Waals surface area (Å²) in [7, 11) is 0. The molecule has 0 bridgehead atoms. The maximum Gasteiger partial charge on any atom is 0.118 e. The van der Waals surface area contributed by atoms with Crippen molar-refractivity contribution in [3.8, 4) is 0 Å². The van der Waals surface area contributed by atoms with Gasteiger partial charge in [0.2, 0.25) is 0 Å². The number of nitrogens with two attached hydrogens (primary N) is 1. The van der Waals surface area contributed by atoms with E-state index >= 15 is 0 Å². The van der Waals surface area contributed by atoms with Crippen molar-refractivity contribution < 1.29 is 4.42 Å². The smallest absolute Gasteiger partial charge is 0.118 e. The van der Waals surface area contributed by atoms with Crippen molar-refractivity contribution in [3.05, 3.63) is 23.2 Å². The van der Waals surface area contributed by atoms with Crippen LogP contribution >= 0.6 is 0 Å². The van der Waals surface area contributed by atoms with Gasteiger partial charge in [0, 0.05) is 18.2 Å². The Bertz CT molecular complexity index is 367. The van der Waals surface area contributed by atoms with Crippen molar-refractivity contribution in [2.45, 2.75) is 65.1 Å². The molecule has 0 aliphatic heterocycles. The largest absolute Gasteiger partial charge is 0.465 e. The first-order valence-electron chi connectivity index (χ1n) is 7.27. The molecule has 0 spiro atoms. The fourth-order valence-electron chi connectivity index (χ4n) is 3.01. The highest BCUT2D eigenvalue weighted by Gasteiger charge is 2.21. The second-order valence-corrected chi connectivity index (χ2v) is 5.35. The highest BCUT2D eigenvalue weighted by molar-refractivity contribution is 5.20. The zero-order valence-electron chi connectivity index (χ0n) is 11.7. The van der Waals surface area contributed by atoms with E-state index in [1.54, 1.807) is 0 Å². The van der Waals surface area contributed by atoms with E-state index in [0.29, 0.717) is 6.54 Å². The first-order valence-corrected chi connectivity index (χ1v) is 7.27. The Morgan fingerprint density at radius 3 is 2.61 bits per heavy atom. The lowest BCUT2D eigenvalue weighted by molar-refractivity contribution is 0.155. The molecular formula is C15H26N2O. The molecule has 1 saturated carbocycles. The Morgan fingerprint density at radius 1 is 1.33 bits per heavy atom. The number of hydrogen-bond donors (Lipinski definition) is 1. The van der Waals surface area contributed by atoms with Gasteiger partial charge in [-0.15, -0.1) is 0 Å². The van der Waals surface area contributed by atoms with E-state index in [0.717, 1.165) is 30.7 Å². The summed E-state index contributed by atoms with van der Waals surface area (Å²) in [5.41, 5.74) is 6.94. The molecule has 1 fully saturated rings. The van der Waals surface area contributed by atoms with E-state index in [1.165, 1.54) is 37.7 Å². The lowest BCUT2D eigenvalue weighted by Crippen LogP contribution is -2.36. The Labute approximate surface area is 110 Å². The molecule has 1 heterocycles. The highest BCUT2D eigenvalue weighted by Crippen LogP contribution is 2.25. The zero-order chi connectivity index (χ0) is 13.0. The molecule has 2 rings (SSSR count). The lowest BCUT2D eigenvalue weighted by Gasteiger charge is -2.33. The molecular weight excluding hydrogens is 224 g/mol. The lowest BCUT2D eigenvalue weighted by atomic mass is 9.94. The van der Waals surface area contributed by atoms with E-state index in [4.69, 9.17) is 10.2 Å². The number of furan rings is 1. The van der Waals surface area contributed by atoms with E-state index < -0.39 is 0 Å². The van der Waals surface area contributed by atoms with E-state index in [-0.39, 0.29) is 0 Å². The Hall–Kier alpha value is -0.800. The summed E-state index contributed by atoms with van der Waals surface area (Å²) in [6.45, 7) is 6.93. The van der Waals surface area contributed by atoms with Crippen LogP contribution in [0.1, 0.15) is 56.1 Å². The molecule has 0 aromatic carbocycles. The summed E-state index contributed by atoms with van der Waals surface area (Å²) in [6.07, 6.45) is 6.90. The fourth-order valence-corrected chi connectivity index (χ4v) is 3.01. The Morgan fingerprint density at radius 2 is 2.06 bits per heavy atom. The van der Waals surface area contributed by atoms with Crippen molar-refractivity contribution in [1.82, 2.24) is 4.90 Å². The van der Waals surface area contributed by atoms with Gasteiger partial charge in [-0.05, 0) is 32.4 Å². The predicted octanol–water partition coefficient (Wildman–Crippen LogP) is 3.20. The molecule has 2 N–H and O–H groups in total. The van der Waals surface area contributed by atoms with Crippen LogP contribution in [0.15, 0.2) is 10.5 Å². The van der Waals surface area contributed by atoms with Gasteiger partial charge in [-0.3, -0.25) is 4.90 Å². The number of hydrogen-bond acceptors (Lipinski definition) is 3. The van der Waals surface area contributed by atoms with Crippen LogP contribution in [0.4, 0.5) is 0 Å². The first-order chi connectivity index (χ1) is 8.74. The van der Waals surface area contributed by atoms with Crippen LogP contribution in [0.3, 0.4) is 0 Å². The van der Waals surface area contributed by atoms with Crippen molar-refractivity contribution in [1.29, 1.82) is 0 Å². The number of nitrogens with zero attached hydrogens (tertiary/aromatic N) is 1. The normalized spacial score (nSPS) is 17.6. The third-order valence-corrected chi connectivity index (χ3v) is 4.14. The third kappa shape index (κ3) is 3.15. The van der Waals surface area contributed by atoms with E-state index in [1.807, 2.05) is 6.92 Å². The quantitative estimate of drug-likeness (QED) is 0.872. The zero-order valence-corrected chi connectivity index (χ0v) is 11.7. The minimum Gasteiger partial charge on any atom is -0.465 e. The molecule has 102 valence electrons. The van der Waals surface area contributed by atoms with E-state index in [9.17, 15) is 0 Å². The minimum atomic E-state index is 0.496. The van der Waals surface area contributed by atoms with Gasteiger partial charge in [0.05, 0.1) is 6.54 Å². The van der Waals surface area contributed by atoms with Crippen molar-refractivity contribution >= 4 is 0 Å². The maximum atomic E-state index is 5.64.